The van der Waals surface area contributed by atoms with Crippen LogP contribution in [-0.2, 0) is 20.7 Å². The van der Waals surface area contributed by atoms with E-state index < -0.39 is 5.97 Å². The molecule has 1 aromatic carbocycles. The van der Waals surface area contributed by atoms with E-state index in [1.165, 1.54) is 0 Å². The third-order valence-corrected chi connectivity index (χ3v) is 4.12. The molecule has 5 nitrogen and oxygen atoms in total. The van der Waals surface area contributed by atoms with Gasteiger partial charge in [0.25, 0.3) is 0 Å². The molecule has 4 atom stereocenters. The second kappa shape index (κ2) is 6.26. The lowest BCUT2D eigenvalue weighted by atomic mass is 9.89. The molecule has 2 rings (SSSR count). The van der Waals surface area contributed by atoms with E-state index in [1.54, 1.807) is 24.3 Å². The molecule has 4 unspecified atom stereocenters. The fourth-order valence-electron chi connectivity index (χ4n) is 2.82. The zero-order valence-electron chi connectivity index (χ0n) is 12.5. The molecule has 1 amide bonds. The van der Waals surface area contributed by atoms with Gasteiger partial charge in [-0.05, 0) is 37.5 Å². The van der Waals surface area contributed by atoms with Gasteiger partial charge in [-0.2, -0.15) is 0 Å². The Morgan fingerprint density at radius 3 is 2.24 bits per heavy atom. The maximum Gasteiger partial charge on any atom is 0.307 e. The summed E-state index contributed by atoms with van der Waals surface area (Å²) in [6.07, 6.45) is -0.0361. The molecule has 21 heavy (non-hydrogen) atoms. The zero-order valence-corrected chi connectivity index (χ0v) is 12.5. The minimum Gasteiger partial charge on any atom is -0.481 e. The van der Waals surface area contributed by atoms with E-state index in [0.717, 1.165) is 0 Å². The van der Waals surface area contributed by atoms with Crippen molar-refractivity contribution < 1.29 is 19.4 Å². The van der Waals surface area contributed by atoms with Crippen LogP contribution >= 0.6 is 0 Å². The van der Waals surface area contributed by atoms with Crippen molar-refractivity contribution >= 4 is 17.6 Å². The first-order chi connectivity index (χ1) is 9.88. The summed E-state index contributed by atoms with van der Waals surface area (Å²) in [6.45, 7) is 5.92. The van der Waals surface area contributed by atoms with Crippen molar-refractivity contribution in [2.75, 3.05) is 5.32 Å². The standard InChI is InChI=1S/C16H21NO4/c1-9-10(2)21-11(3)15(9)16(20)17-13-6-4-12(5-7-13)8-14(18)19/h4-7,9-11,15H,8H2,1-3H3,(H,17,20)(H,18,19). The first-order valence-corrected chi connectivity index (χ1v) is 7.15. The number of hydrogen-bond acceptors (Lipinski definition) is 3. The lowest BCUT2D eigenvalue weighted by Gasteiger charge is -2.18. The van der Waals surface area contributed by atoms with Gasteiger partial charge >= 0.3 is 5.97 Å². The van der Waals surface area contributed by atoms with E-state index in [9.17, 15) is 9.59 Å². The molecule has 1 aliphatic heterocycles. The Morgan fingerprint density at radius 1 is 1.14 bits per heavy atom. The molecular formula is C16H21NO4. The fraction of sp³-hybridized carbons (Fsp3) is 0.500. The Labute approximate surface area is 124 Å². The maximum absolute atomic E-state index is 12.4. The number of amides is 1. The molecule has 5 heteroatoms. The molecule has 0 aromatic heterocycles. The smallest absolute Gasteiger partial charge is 0.307 e. The number of carboxylic acid groups (broad SMARTS) is 1. The van der Waals surface area contributed by atoms with Gasteiger partial charge in [0.15, 0.2) is 0 Å². The average molecular weight is 291 g/mol. The molecule has 0 aliphatic carbocycles. The lowest BCUT2D eigenvalue weighted by molar-refractivity contribution is -0.136. The SMILES string of the molecule is CC1OC(C)C(C(=O)Nc2ccc(CC(=O)O)cc2)C1C. The van der Waals surface area contributed by atoms with E-state index in [2.05, 4.69) is 5.32 Å². The van der Waals surface area contributed by atoms with Crippen molar-refractivity contribution in [3.05, 3.63) is 29.8 Å². The van der Waals surface area contributed by atoms with Gasteiger partial charge in [0.1, 0.15) is 0 Å². The van der Waals surface area contributed by atoms with E-state index in [0.29, 0.717) is 11.3 Å². The molecule has 1 aliphatic rings. The van der Waals surface area contributed by atoms with E-state index in [-0.39, 0.29) is 36.4 Å². The van der Waals surface area contributed by atoms with E-state index in [1.807, 2.05) is 20.8 Å². The summed E-state index contributed by atoms with van der Waals surface area (Å²) in [5.41, 5.74) is 1.38. The second-order valence-electron chi connectivity index (χ2n) is 5.69. The van der Waals surface area contributed by atoms with Gasteiger partial charge in [0.2, 0.25) is 5.91 Å². The summed E-state index contributed by atoms with van der Waals surface area (Å²) >= 11 is 0. The Bertz CT molecular complexity index is 526. The predicted octanol–water partition coefficient (Wildman–Crippen LogP) is 2.31. The van der Waals surface area contributed by atoms with Gasteiger partial charge in [0, 0.05) is 5.69 Å². The molecule has 1 saturated heterocycles. The van der Waals surface area contributed by atoms with E-state index >= 15 is 0 Å². The van der Waals surface area contributed by atoms with Gasteiger partial charge in [-0.15, -0.1) is 0 Å². The number of anilines is 1. The van der Waals surface area contributed by atoms with Gasteiger partial charge in [-0.25, -0.2) is 0 Å². The van der Waals surface area contributed by atoms with Crippen LogP contribution in [0.25, 0.3) is 0 Å². The van der Waals surface area contributed by atoms with Gasteiger partial charge < -0.3 is 15.2 Å². The summed E-state index contributed by atoms with van der Waals surface area (Å²) in [5, 5.41) is 11.6. The molecule has 114 valence electrons. The normalized spacial score (nSPS) is 28.3. The van der Waals surface area contributed by atoms with Crippen LogP contribution in [0.3, 0.4) is 0 Å². The topological polar surface area (TPSA) is 75.6 Å². The molecule has 1 heterocycles. The van der Waals surface area contributed by atoms with Crippen molar-refractivity contribution in [1.82, 2.24) is 0 Å². The first-order valence-electron chi connectivity index (χ1n) is 7.15. The number of aliphatic carboxylic acids is 1. The minimum atomic E-state index is -0.869. The van der Waals surface area contributed by atoms with Crippen molar-refractivity contribution in [2.45, 2.75) is 39.4 Å². The van der Waals surface area contributed by atoms with Crippen molar-refractivity contribution in [3.63, 3.8) is 0 Å². The summed E-state index contributed by atoms with van der Waals surface area (Å²) in [7, 11) is 0. The molecule has 2 N–H and O–H groups in total. The number of rotatable bonds is 4. The number of hydrogen-bond donors (Lipinski definition) is 2. The fourth-order valence-corrected chi connectivity index (χ4v) is 2.82. The summed E-state index contributed by atoms with van der Waals surface area (Å²) < 4.78 is 5.68. The van der Waals surface area contributed by atoms with Crippen LogP contribution < -0.4 is 5.32 Å². The van der Waals surface area contributed by atoms with Crippen LogP contribution in [0.2, 0.25) is 0 Å². The largest absolute Gasteiger partial charge is 0.481 e. The van der Waals surface area contributed by atoms with Crippen LogP contribution in [0.4, 0.5) is 5.69 Å². The molecule has 0 spiro atoms. The summed E-state index contributed by atoms with van der Waals surface area (Å²) in [4.78, 5) is 23.0. The van der Waals surface area contributed by atoms with Crippen LogP contribution in [0.5, 0.6) is 0 Å². The Balaban J connectivity index is 2.01. The molecule has 0 radical (unpaired) electrons. The molecule has 0 saturated carbocycles. The van der Waals surface area contributed by atoms with Crippen LogP contribution in [0.15, 0.2) is 24.3 Å². The maximum atomic E-state index is 12.4. The predicted molar refractivity (Wildman–Crippen MR) is 79.1 cm³/mol. The highest BCUT2D eigenvalue weighted by atomic mass is 16.5. The number of carbonyl (C=O) groups excluding carboxylic acids is 1. The number of nitrogens with one attached hydrogen (secondary N) is 1. The third kappa shape index (κ3) is 3.61. The van der Waals surface area contributed by atoms with E-state index in [4.69, 9.17) is 9.84 Å². The highest BCUT2D eigenvalue weighted by Crippen LogP contribution is 2.32. The lowest BCUT2D eigenvalue weighted by Crippen LogP contribution is -2.31. The zero-order chi connectivity index (χ0) is 15.6. The Morgan fingerprint density at radius 2 is 1.76 bits per heavy atom. The van der Waals surface area contributed by atoms with Gasteiger partial charge in [-0.3, -0.25) is 9.59 Å². The summed E-state index contributed by atoms with van der Waals surface area (Å²) in [6, 6.07) is 6.88. The molecule has 1 aromatic rings. The summed E-state index contributed by atoms with van der Waals surface area (Å²) in [5.74, 6) is -0.915. The number of ether oxygens (including phenoxy) is 1. The third-order valence-electron chi connectivity index (χ3n) is 4.12. The van der Waals surface area contributed by atoms with Crippen LogP contribution in [0, 0.1) is 11.8 Å². The Kier molecular flexibility index (Phi) is 4.63. The highest BCUT2D eigenvalue weighted by molar-refractivity contribution is 5.93. The van der Waals surface area contributed by atoms with Crippen molar-refractivity contribution in [2.24, 2.45) is 11.8 Å². The quantitative estimate of drug-likeness (QED) is 0.892. The van der Waals surface area contributed by atoms with Gasteiger partial charge in [0.05, 0.1) is 24.5 Å². The molecular weight excluding hydrogens is 270 g/mol. The van der Waals surface area contributed by atoms with Gasteiger partial charge in [-0.1, -0.05) is 19.1 Å². The van der Waals surface area contributed by atoms with Crippen molar-refractivity contribution in [1.29, 1.82) is 0 Å². The number of carbonyl (C=O) groups is 2. The highest BCUT2D eigenvalue weighted by Gasteiger charge is 2.41. The number of carboxylic acids is 1. The average Bonchev–Trinajstić information content (AvgIpc) is 2.65. The molecule has 0 bridgehead atoms. The molecule has 1 fully saturated rings. The number of benzene rings is 1. The van der Waals surface area contributed by atoms with Crippen LogP contribution in [0.1, 0.15) is 26.3 Å². The monoisotopic (exact) mass is 291 g/mol. The second-order valence-corrected chi connectivity index (χ2v) is 5.69. The first kappa shape index (κ1) is 15.5. The van der Waals surface area contributed by atoms with Crippen LogP contribution in [-0.4, -0.2) is 29.2 Å². The van der Waals surface area contributed by atoms with Crippen molar-refractivity contribution in [3.8, 4) is 0 Å². The Hall–Kier alpha value is -1.88. The minimum absolute atomic E-state index is 0.0176.